The first kappa shape index (κ1) is 90.4. The SMILES string of the molecule is Cc1nnc(-c2ccc(-n3c(=O)c4c(n5ncc(Cc6cccc(Cc7cnnn7-c7ccc(-n8c(=O)c9c(n%10ncc(Cc%11cccc(Cc%12ncnn%12-c%12ccc(-n%13c(=O)c%14c(n%15ncc(Cc%16ccccc%16)c%13%15)CN(C(=O)c%13ccc(Br)c(C(F)(F)F)c%13)CC%14)cc%12)c%11)c8%10)CN(C(=O)c8ccc(Br)c(C(F)(F)F)c8)CC9)cc7)c6)c35)CN(C(=O)c3ccc(Br)c(C(F)(F)F)c3)CC4)cc2)n1C. The smallest absolute Gasteiger partial charge is 0.332 e. The van der Waals surface area contributed by atoms with E-state index in [1.165, 1.54) is 57.4 Å². The molecule has 0 spiro atoms. The van der Waals surface area contributed by atoms with Crippen molar-refractivity contribution >= 4 is 82.5 Å². The monoisotopic (exact) mass is 2070 g/mol. The molecule has 39 heteroatoms. The van der Waals surface area contributed by atoms with Crippen molar-refractivity contribution in [2.24, 2.45) is 7.05 Å². The van der Waals surface area contributed by atoms with E-state index >= 15 is 14.4 Å². The standard InChI is InChI=1S/C100H73Br3F9N21O6/c1-56-119-120-88(122(56)2)62-14-19-69(20-15-62)126-90-67(49-116-132(90)85-53-124(35-32-75(85)95(126)137)93(135)64-17-30-82(102)79(46-64)99(107,108)109)41-58-10-6-12-60(38-58)43-74-51-114-121-129(74)72-25-21-70(22-26-72)128-91-68(50-117-133(91)86-54-125(37-34-77(86)97(128)139)94(136)65-18-31-83(103)80(47-65)100(110,111)112)42-59-11-7-13-61(39-59)44-87-113-55-118-130(87)73-27-23-71(24-28-73)127-89-66(40-57-8-4-3-5-9-57)48-115-131(89)84-52-123(36-33-76(84)96(127)138)92(134)63-16-29-81(101)78(45-63)98(104,105)106/h3-31,38-39,45-51,55H,32-37,40-44,52-54H2,1-2H3. The van der Waals surface area contributed by atoms with Crippen molar-refractivity contribution in [1.29, 1.82) is 0 Å². The Labute approximate surface area is 806 Å². The summed E-state index contributed by atoms with van der Waals surface area (Å²) in [7, 11) is 1.85. The summed E-state index contributed by atoms with van der Waals surface area (Å²) in [6.07, 6.45) is -4.54. The molecule has 0 N–H and O–H groups in total. The van der Waals surface area contributed by atoms with Gasteiger partial charge in [0.2, 0.25) is 0 Å². The average Bonchev–Trinajstić information content (AvgIpc) is 1.71. The van der Waals surface area contributed by atoms with Crippen LogP contribution in [-0.4, -0.2) is 139 Å². The summed E-state index contributed by atoms with van der Waals surface area (Å²) in [5.41, 5.74) is 9.07. The summed E-state index contributed by atoms with van der Waals surface area (Å²) in [4.78, 5) is 97.7. The second-order valence-corrected chi connectivity index (χ2v) is 36.9. The molecule has 0 atom stereocenters. The topological polar surface area (TPSA) is 271 Å². The van der Waals surface area contributed by atoms with Gasteiger partial charge in [0.1, 0.15) is 34.9 Å². The highest BCUT2D eigenvalue weighted by Crippen LogP contribution is 2.41. The Balaban J connectivity index is 0.569. The molecule has 0 fully saturated rings. The predicted octanol–water partition coefficient (Wildman–Crippen LogP) is 17.2. The molecule has 0 bridgehead atoms. The highest BCUT2D eigenvalue weighted by atomic mass is 79.9. The Bertz CT molecular complexity index is 8240. The van der Waals surface area contributed by atoms with Gasteiger partial charge in [-0.2, -0.15) is 59.9 Å². The Morgan fingerprint density at radius 3 is 1.15 bits per heavy atom. The van der Waals surface area contributed by atoms with E-state index in [9.17, 15) is 53.9 Å². The van der Waals surface area contributed by atoms with Gasteiger partial charge >= 0.3 is 18.5 Å². The number of halogens is 12. The predicted molar refractivity (Wildman–Crippen MR) is 503 cm³/mol. The van der Waals surface area contributed by atoms with Gasteiger partial charge in [0.15, 0.2) is 5.82 Å². The number of hydrogen-bond donors (Lipinski definition) is 0. The lowest BCUT2D eigenvalue weighted by molar-refractivity contribution is -0.139. The number of aromatic nitrogens is 18. The van der Waals surface area contributed by atoms with E-state index in [-0.39, 0.29) is 119 Å². The number of alkyl halides is 9. The molecule has 9 aromatic carbocycles. The normalized spacial score (nSPS) is 13.6. The summed E-state index contributed by atoms with van der Waals surface area (Å²) in [6.45, 7) is 1.50. The van der Waals surface area contributed by atoms with Crippen molar-refractivity contribution in [2.75, 3.05) is 19.6 Å². The number of benzene rings is 9. The zero-order valence-corrected chi connectivity index (χ0v) is 78.1. The van der Waals surface area contributed by atoms with Crippen molar-refractivity contribution in [3.05, 3.63) is 411 Å². The Morgan fingerprint density at radius 2 is 0.755 bits per heavy atom. The minimum Gasteiger partial charge on any atom is -0.332 e. The van der Waals surface area contributed by atoms with Crippen molar-refractivity contribution < 1.29 is 53.9 Å². The fourth-order valence-electron chi connectivity index (χ4n) is 18.9. The molecule has 698 valence electrons. The molecule has 18 aromatic rings. The Kier molecular flexibility index (Phi) is 23.1. The third-order valence-corrected chi connectivity index (χ3v) is 27.9. The molecule has 139 heavy (non-hydrogen) atoms. The average molecular weight is 2080 g/mol. The van der Waals surface area contributed by atoms with Crippen LogP contribution < -0.4 is 16.7 Å². The maximum absolute atomic E-state index is 15.7. The van der Waals surface area contributed by atoms with Gasteiger partial charge in [0.25, 0.3) is 34.4 Å². The summed E-state index contributed by atoms with van der Waals surface area (Å²) >= 11 is 8.95. The molecule has 9 aromatic heterocycles. The molecule has 0 aliphatic carbocycles. The van der Waals surface area contributed by atoms with Gasteiger partial charge in [0.05, 0.1) is 112 Å². The van der Waals surface area contributed by atoms with Gasteiger partial charge in [-0.25, -0.2) is 27.9 Å². The maximum atomic E-state index is 15.7. The van der Waals surface area contributed by atoms with Crippen LogP contribution in [0.5, 0.6) is 0 Å². The number of carbonyl (C=O) groups excluding carboxylic acids is 3. The first-order valence-electron chi connectivity index (χ1n) is 43.9. The fourth-order valence-corrected chi connectivity index (χ4v) is 20.3. The number of amides is 3. The lowest BCUT2D eigenvalue weighted by atomic mass is 10.0. The van der Waals surface area contributed by atoms with Crippen LogP contribution in [0, 0.1) is 6.92 Å². The molecule has 0 saturated carbocycles. The lowest BCUT2D eigenvalue weighted by Gasteiger charge is -2.30. The van der Waals surface area contributed by atoms with E-state index in [0.29, 0.717) is 132 Å². The van der Waals surface area contributed by atoms with E-state index < -0.39 is 58.5 Å². The van der Waals surface area contributed by atoms with Crippen molar-refractivity contribution in [3.8, 4) is 39.8 Å². The van der Waals surface area contributed by atoms with E-state index in [0.717, 1.165) is 51.6 Å². The fraction of sp³-hybridized carbons (Fsp3) is 0.190. The van der Waals surface area contributed by atoms with Crippen LogP contribution in [0.15, 0.2) is 265 Å². The maximum Gasteiger partial charge on any atom is 0.417 e. The number of rotatable bonds is 19. The molecule has 21 rings (SSSR count). The van der Waals surface area contributed by atoms with Gasteiger partial charge in [-0.15, -0.1) is 15.3 Å². The Hall–Kier alpha value is -15.1. The number of carbonyl (C=O) groups is 3. The van der Waals surface area contributed by atoms with Gasteiger partial charge < -0.3 is 19.3 Å². The molecule has 0 saturated heterocycles. The molecule has 3 aliphatic rings. The molecule has 27 nitrogen and oxygen atoms in total. The molecule has 12 heterocycles. The van der Waals surface area contributed by atoms with Crippen LogP contribution in [-0.2, 0) is 96.6 Å². The summed E-state index contributed by atoms with van der Waals surface area (Å²) < 4.78 is 142. The third-order valence-electron chi connectivity index (χ3n) is 25.8. The molecule has 0 radical (unpaired) electrons. The van der Waals surface area contributed by atoms with Gasteiger partial charge in [0, 0.05) is 128 Å². The number of hydrogen-bond acceptors (Lipinski definition) is 15. The molecule has 0 unspecified atom stereocenters. The first-order chi connectivity index (χ1) is 66.8. The van der Waals surface area contributed by atoms with Crippen LogP contribution in [0.25, 0.3) is 56.8 Å². The quantitative estimate of drug-likeness (QED) is 0.0681. The highest BCUT2D eigenvalue weighted by Gasteiger charge is 2.40. The van der Waals surface area contributed by atoms with Crippen molar-refractivity contribution in [2.45, 2.75) is 96.5 Å². The second-order valence-electron chi connectivity index (χ2n) is 34.4. The minimum absolute atomic E-state index is 0.0101. The van der Waals surface area contributed by atoms with Crippen LogP contribution in [0.4, 0.5) is 39.5 Å². The van der Waals surface area contributed by atoms with Crippen LogP contribution in [0.2, 0.25) is 0 Å². The molecule has 3 amide bonds. The minimum atomic E-state index is -4.78. The molecule has 3 aliphatic heterocycles. The van der Waals surface area contributed by atoms with Gasteiger partial charge in [-0.05, 0) is 181 Å². The first-order valence-corrected chi connectivity index (χ1v) is 46.2. The highest BCUT2D eigenvalue weighted by molar-refractivity contribution is 9.11. The number of aryl methyl sites for hydroxylation is 1. The molecular weight excluding hydrogens is 2000 g/mol. The number of fused-ring (bicyclic) bond motifs is 9. The van der Waals surface area contributed by atoms with E-state index in [1.54, 1.807) is 97.8 Å². The summed E-state index contributed by atoms with van der Waals surface area (Å²) in [5.74, 6) is -0.109. The van der Waals surface area contributed by atoms with Crippen LogP contribution >= 0.6 is 47.8 Å². The van der Waals surface area contributed by atoms with Gasteiger partial charge in [-0.3, -0.25) is 42.5 Å². The second kappa shape index (κ2) is 35.5. The zero-order chi connectivity index (χ0) is 96.5. The lowest BCUT2D eigenvalue weighted by Crippen LogP contribution is -2.41. The van der Waals surface area contributed by atoms with Crippen molar-refractivity contribution in [3.63, 3.8) is 0 Å². The number of nitrogens with zero attached hydrogens (tertiary/aromatic N) is 21. The zero-order valence-electron chi connectivity index (χ0n) is 73.3. The van der Waals surface area contributed by atoms with Crippen LogP contribution in [0.1, 0.15) is 143 Å². The van der Waals surface area contributed by atoms with Gasteiger partial charge in [-0.1, -0.05) is 132 Å². The van der Waals surface area contributed by atoms with Crippen molar-refractivity contribution in [1.82, 2.24) is 102 Å². The van der Waals surface area contributed by atoms with E-state index in [1.807, 2.05) is 134 Å². The third kappa shape index (κ3) is 16.8. The largest absolute Gasteiger partial charge is 0.417 e. The summed E-state index contributed by atoms with van der Waals surface area (Å²) in [5, 5.41) is 36.8. The van der Waals surface area contributed by atoms with E-state index in [4.69, 9.17) is 20.3 Å². The molecular formula is C100H73Br3F9N21O6. The Morgan fingerprint density at radius 1 is 0.388 bits per heavy atom. The van der Waals surface area contributed by atoms with Crippen LogP contribution in [0.3, 0.4) is 0 Å². The van der Waals surface area contributed by atoms with E-state index in [2.05, 4.69) is 73.4 Å². The summed E-state index contributed by atoms with van der Waals surface area (Å²) in [6, 6.07) is 56.9.